The summed E-state index contributed by atoms with van der Waals surface area (Å²) < 4.78 is 0. The zero-order valence-corrected chi connectivity index (χ0v) is 11.1. The summed E-state index contributed by atoms with van der Waals surface area (Å²) in [6, 6.07) is 1.70. The quantitative estimate of drug-likeness (QED) is 0.684. The molecule has 0 saturated heterocycles. The molecule has 0 aliphatic carbocycles. The molecular weight excluding hydrogens is 252 g/mol. The van der Waals surface area contributed by atoms with Crippen LogP contribution in [0.5, 0.6) is 0 Å². The second-order valence-corrected chi connectivity index (χ2v) is 4.68. The fourth-order valence-corrected chi connectivity index (χ4v) is 1.94. The molecule has 1 aromatic rings. The number of thiophene rings is 1. The standard InChI is InChI=1S/C12H18N2O3S/c1-2-10(15)3-5-13-11(16)7-14-12(17)9-4-6-18-8-9/h4,6,8,10,15H,2-3,5,7H2,1H3,(H,13,16)(H,14,17). The minimum absolute atomic E-state index is 0.0447. The van der Waals surface area contributed by atoms with Gasteiger partial charge in [0.05, 0.1) is 12.6 Å². The van der Waals surface area contributed by atoms with Crippen molar-refractivity contribution < 1.29 is 14.7 Å². The van der Waals surface area contributed by atoms with E-state index in [2.05, 4.69) is 10.6 Å². The van der Waals surface area contributed by atoms with E-state index in [4.69, 9.17) is 0 Å². The van der Waals surface area contributed by atoms with Crippen LogP contribution < -0.4 is 10.6 Å². The third kappa shape index (κ3) is 5.29. The van der Waals surface area contributed by atoms with Crippen LogP contribution in [-0.4, -0.2) is 36.1 Å². The third-order valence-corrected chi connectivity index (χ3v) is 3.15. The molecule has 0 fully saturated rings. The Morgan fingerprint density at radius 1 is 1.44 bits per heavy atom. The van der Waals surface area contributed by atoms with Crippen LogP contribution >= 0.6 is 11.3 Å². The predicted molar refractivity (Wildman–Crippen MR) is 70.6 cm³/mol. The van der Waals surface area contributed by atoms with Gasteiger partial charge >= 0.3 is 0 Å². The number of aliphatic hydroxyl groups is 1. The van der Waals surface area contributed by atoms with Gasteiger partial charge in [0.25, 0.3) is 5.91 Å². The molecular formula is C12H18N2O3S. The van der Waals surface area contributed by atoms with Crippen LogP contribution in [0, 0.1) is 0 Å². The first-order valence-corrected chi connectivity index (χ1v) is 6.83. The maximum atomic E-state index is 11.5. The highest BCUT2D eigenvalue weighted by molar-refractivity contribution is 7.08. The molecule has 0 spiro atoms. The Labute approximate surface area is 110 Å². The van der Waals surface area contributed by atoms with E-state index < -0.39 is 0 Å². The highest BCUT2D eigenvalue weighted by Crippen LogP contribution is 2.04. The van der Waals surface area contributed by atoms with E-state index in [1.807, 2.05) is 6.92 Å². The SMILES string of the molecule is CCC(O)CCNC(=O)CNC(=O)c1ccsc1. The van der Waals surface area contributed by atoms with E-state index in [9.17, 15) is 14.7 Å². The molecule has 5 nitrogen and oxygen atoms in total. The van der Waals surface area contributed by atoms with Crippen molar-refractivity contribution in [3.63, 3.8) is 0 Å². The topological polar surface area (TPSA) is 78.4 Å². The highest BCUT2D eigenvalue weighted by atomic mass is 32.1. The molecule has 0 radical (unpaired) electrons. The largest absolute Gasteiger partial charge is 0.393 e. The summed E-state index contributed by atoms with van der Waals surface area (Å²) in [5.41, 5.74) is 0.564. The molecule has 1 atom stereocenters. The minimum Gasteiger partial charge on any atom is -0.393 e. The first-order chi connectivity index (χ1) is 8.63. The van der Waals surface area contributed by atoms with Gasteiger partial charge in [0.2, 0.25) is 5.91 Å². The number of carbonyl (C=O) groups is 2. The van der Waals surface area contributed by atoms with Crippen molar-refractivity contribution in [3.8, 4) is 0 Å². The average molecular weight is 270 g/mol. The Bertz CT molecular complexity index is 379. The average Bonchev–Trinajstić information content (AvgIpc) is 2.89. The lowest BCUT2D eigenvalue weighted by molar-refractivity contribution is -0.120. The molecule has 1 rings (SSSR count). The summed E-state index contributed by atoms with van der Waals surface area (Å²) >= 11 is 1.43. The zero-order valence-electron chi connectivity index (χ0n) is 10.3. The maximum Gasteiger partial charge on any atom is 0.252 e. The molecule has 0 aliphatic rings. The summed E-state index contributed by atoms with van der Waals surface area (Å²) in [5.74, 6) is -0.498. The number of carbonyl (C=O) groups excluding carboxylic acids is 2. The Balaban J connectivity index is 2.15. The van der Waals surface area contributed by atoms with Gasteiger partial charge in [-0.25, -0.2) is 0 Å². The Hall–Kier alpha value is -1.40. The molecule has 100 valence electrons. The summed E-state index contributed by atoms with van der Waals surface area (Å²) in [4.78, 5) is 22.9. The normalized spacial score (nSPS) is 11.9. The van der Waals surface area contributed by atoms with Crippen molar-refractivity contribution in [1.29, 1.82) is 0 Å². The lowest BCUT2D eigenvalue weighted by Crippen LogP contribution is -2.37. The van der Waals surface area contributed by atoms with Crippen molar-refractivity contribution in [2.75, 3.05) is 13.1 Å². The zero-order chi connectivity index (χ0) is 13.4. The van der Waals surface area contributed by atoms with Gasteiger partial charge in [0.15, 0.2) is 0 Å². The second-order valence-electron chi connectivity index (χ2n) is 3.90. The summed E-state index contributed by atoms with van der Waals surface area (Å²) in [6.07, 6.45) is 0.816. The van der Waals surface area contributed by atoms with Crippen molar-refractivity contribution in [3.05, 3.63) is 22.4 Å². The van der Waals surface area contributed by atoms with Gasteiger partial charge in [-0.3, -0.25) is 9.59 Å². The van der Waals surface area contributed by atoms with E-state index in [0.29, 0.717) is 24.9 Å². The molecule has 6 heteroatoms. The number of nitrogens with one attached hydrogen (secondary N) is 2. The number of amides is 2. The van der Waals surface area contributed by atoms with E-state index >= 15 is 0 Å². The molecule has 2 amide bonds. The predicted octanol–water partition coefficient (Wildman–Crippen LogP) is 0.755. The fourth-order valence-electron chi connectivity index (χ4n) is 1.30. The summed E-state index contributed by atoms with van der Waals surface area (Å²) in [6.45, 7) is 2.26. The molecule has 1 aromatic heterocycles. The van der Waals surface area contributed by atoms with Crippen LogP contribution in [0.2, 0.25) is 0 Å². The van der Waals surface area contributed by atoms with Gasteiger partial charge in [-0.1, -0.05) is 6.92 Å². The number of hydrogen-bond donors (Lipinski definition) is 3. The monoisotopic (exact) mass is 270 g/mol. The first-order valence-electron chi connectivity index (χ1n) is 5.88. The van der Waals surface area contributed by atoms with Crippen LogP contribution in [0.4, 0.5) is 0 Å². The van der Waals surface area contributed by atoms with Gasteiger partial charge in [0, 0.05) is 17.5 Å². The van der Waals surface area contributed by atoms with E-state index in [1.54, 1.807) is 16.8 Å². The van der Waals surface area contributed by atoms with Crippen LogP contribution in [0.25, 0.3) is 0 Å². The molecule has 0 saturated carbocycles. The summed E-state index contributed by atoms with van der Waals surface area (Å²) in [5, 5.41) is 18.0. The number of aliphatic hydroxyl groups excluding tert-OH is 1. The molecule has 0 aliphatic heterocycles. The van der Waals surface area contributed by atoms with Gasteiger partial charge < -0.3 is 15.7 Å². The smallest absolute Gasteiger partial charge is 0.252 e. The molecule has 1 heterocycles. The molecule has 1 unspecified atom stereocenters. The summed E-state index contributed by atoms with van der Waals surface area (Å²) in [7, 11) is 0. The fraction of sp³-hybridized carbons (Fsp3) is 0.500. The van der Waals surface area contributed by atoms with Crippen molar-refractivity contribution in [1.82, 2.24) is 10.6 Å². The van der Waals surface area contributed by atoms with Gasteiger partial charge in [-0.15, -0.1) is 0 Å². The van der Waals surface area contributed by atoms with E-state index in [-0.39, 0.29) is 24.5 Å². The van der Waals surface area contributed by atoms with Gasteiger partial charge in [0.1, 0.15) is 0 Å². The van der Waals surface area contributed by atoms with Crippen molar-refractivity contribution >= 4 is 23.2 Å². The van der Waals surface area contributed by atoms with Gasteiger partial charge in [-0.05, 0) is 24.3 Å². The lowest BCUT2D eigenvalue weighted by atomic mass is 10.2. The highest BCUT2D eigenvalue weighted by Gasteiger charge is 2.08. The van der Waals surface area contributed by atoms with Crippen LogP contribution in [0.3, 0.4) is 0 Å². The van der Waals surface area contributed by atoms with Crippen molar-refractivity contribution in [2.24, 2.45) is 0 Å². The van der Waals surface area contributed by atoms with Crippen LogP contribution in [0.1, 0.15) is 30.1 Å². The minimum atomic E-state index is -0.384. The maximum absolute atomic E-state index is 11.5. The molecule has 3 N–H and O–H groups in total. The van der Waals surface area contributed by atoms with Gasteiger partial charge in [-0.2, -0.15) is 11.3 Å². The van der Waals surface area contributed by atoms with E-state index in [1.165, 1.54) is 11.3 Å². The van der Waals surface area contributed by atoms with Crippen LogP contribution in [-0.2, 0) is 4.79 Å². The Kier molecular flexibility index (Phi) is 6.38. The molecule has 0 aromatic carbocycles. The Morgan fingerprint density at radius 2 is 2.22 bits per heavy atom. The van der Waals surface area contributed by atoms with E-state index in [0.717, 1.165) is 0 Å². The molecule has 0 bridgehead atoms. The molecule has 18 heavy (non-hydrogen) atoms. The lowest BCUT2D eigenvalue weighted by Gasteiger charge is -2.09. The second kappa shape index (κ2) is 7.84. The first kappa shape index (κ1) is 14.7. The van der Waals surface area contributed by atoms with Crippen LogP contribution in [0.15, 0.2) is 16.8 Å². The third-order valence-electron chi connectivity index (χ3n) is 2.46. The number of hydrogen-bond acceptors (Lipinski definition) is 4. The number of rotatable bonds is 7. The Morgan fingerprint density at radius 3 is 2.83 bits per heavy atom. The van der Waals surface area contributed by atoms with Crippen molar-refractivity contribution in [2.45, 2.75) is 25.9 Å².